The van der Waals surface area contributed by atoms with E-state index in [1.165, 1.54) is 22.3 Å². The van der Waals surface area contributed by atoms with Crippen molar-refractivity contribution in [2.24, 2.45) is 0 Å². The highest BCUT2D eigenvalue weighted by atomic mass is 35.5. The van der Waals surface area contributed by atoms with Crippen LogP contribution < -0.4 is 21.3 Å². The average molecular weight is 2040 g/mol. The maximum absolute atomic E-state index is 13.0. The van der Waals surface area contributed by atoms with Crippen LogP contribution in [0.4, 0.5) is 0 Å². The number of nitrogens with one attached hydrogen (secondary N) is 4. The van der Waals surface area contributed by atoms with Crippen molar-refractivity contribution in [3.63, 3.8) is 0 Å². The lowest BCUT2D eigenvalue weighted by Gasteiger charge is -2.30. The number of aryl methyl sites for hydroxylation is 5. The van der Waals surface area contributed by atoms with Crippen molar-refractivity contribution < 1.29 is 76.5 Å². The predicted molar refractivity (Wildman–Crippen MR) is 569 cm³/mol. The van der Waals surface area contributed by atoms with Gasteiger partial charge in [0.2, 0.25) is 23.6 Å². The second-order valence-corrected chi connectivity index (χ2v) is 41.9. The summed E-state index contributed by atoms with van der Waals surface area (Å²) in [6.07, 6.45) is 13.9. The number of carbonyl (C=O) groups is 12. The summed E-state index contributed by atoms with van der Waals surface area (Å²) in [6, 6.07) is 50.3. The molecule has 782 valence electrons. The Morgan fingerprint density at radius 2 is 0.584 bits per heavy atom. The monoisotopic (exact) mass is 2040 g/mol. The third-order valence-electron chi connectivity index (χ3n) is 30.6. The predicted octanol–water partition coefficient (Wildman–Crippen LogP) is 13.1. The molecule has 8 aromatic carbocycles. The van der Waals surface area contributed by atoms with Gasteiger partial charge in [-0.05, 0) is 228 Å². The molecule has 29 heteroatoms. The normalized spacial score (nSPS) is 20.1. The van der Waals surface area contributed by atoms with Crippen molar-refractivity contribution in [1.82, 2.24) is 60.5 Å². The lowest BCUT2D eigenvalue weighted by molar-refractivity contribution is -0.127. The molecular formula is C120H139ClN12O16. The van der Waals surface area contributed by atoms with Crippen molar-refractivity contribution in [3.05, 3.63) is 329 Å². The number of ketones is 4. The van der Waals surface area contributed by atoms with Gasteiger partial charge in [0.25, 0.3) is 23.6 Å². The van der Waals surface area contributed by atoms with Crippen LogP contribution in [0.15, 0.2) is 207 Å². The van der Waals surface area contributed by atoms with Gasteiger partial charge in [-0.2, -0.15) is 0 Å². The number of amides is 8. The maximum Gasteiger partial charge on any atom is 0.255 e. The largest absolute Gasteiger partial charge is 0.379 e. The molecule has 4 unspecified atom stereocenters. The molecule has 8 fully saturated rings. The van der Waals surface area contributed by atoms with E-state index in [2.05, 4.69) is 135 Å². The van der Waals surface area contributed by atoms with Crippen LogP contribution in [0.5, 0.6) is 0 Å². The molecule has 0 bridgehead atoms. The van der Waals surface area contributed by atoms with Gasteiger partial charge in [0.15, 0.2) is 0 Å². The Morgan fingerprint density at radius 1 is 0.309 bits per heavy atom. The molecule has 28 nitrogen and oxygen atoms in total. The van der Waals surface area contributed by atoms with Crippen molar-refractivity contribution in [2.45, 2.75) is 211 Å². The fraction of sp³-hybridized carbons (Fsp3) is 0.433. The van der Waals surface area contributed by atoms with Gasteiger partial charge in [-0.1, -0.05) is 165 Å². The van der Waals surface area contributed by atoms with Crippen molar-refractivity contribution in [3.8, 4) is 0 Å². The third-order valence-corrected chi connectivity index (χ3v) is 31.0. The van der Waals surface area contributed by atoms with Crippen LogP contribution in [0, 0.1) is 6.92 Å². The molecule has 0 saturated carbocycles. The van der Waals surface area contributed by atoms with E-state index < -0.39 is 24.2 Å². The molecule has 0 radical (unpaired) electrons. The molecule has 8 amide bonds. The highest BCUT2D eigenvalue weighted by Crippen LogP contribution is 2.36. The Labute approximate surface area is 878 Å². The summed E-state index contributed by atoms with van der Waals surface area (Å²) < 4.78 is 21.7. The van der Waals surface area contributed by atoms with Gasteiger partial charge in [-0.3, -0.25) is 77.1 Å². The Morgan fingerprint density at radius 3 is 0.933 bits per heavy atom. The number of benzene rings is 8. The van der Waals surface area contributed by atoms with E-state index in [1.807, 2.05) is 97.1 Å². The number of halogens is 1. The van der Waals surface area contributed by atoms with Crippen LogP contribution in [0.25, 0.3) is 0 Å². The summed E-state index contributed by atoms with van der Waals surface area (Å²) in [5.41, 5.74) is 23.6. The highest BCUT2D eigenvalue weighted by Gasteiger charge is 2.43. The zero-order chi connectivity index (χ0) is 104. The molecule has 4 atom stereocenters. The van der Waals surface area contributed by atoms with E-state index in [1.54, 1.807) is 19.6 Å². The van der Waals surface area contributed by atoms with Gasteiger partial charge in [-0.25, -0.2) is 0 Å². The average Bonchev–Trinajstić information content (AvgIpc) is 1.64. The van der Waals surface area contributed by atoms with Crippen LogP contribution in [-0.2, 0) is 161 Å². The molecule has 0 aliphatic carbocycles. The third kappa shape index (κ3) is 28.8. The van der Waals surface area contributed by atoms with Gasteiger partial charge < -0.3 is 59.8 Å². The summed E-state index contributed by atoms with van der Waals surface area (Å²) >= 11 is 6.44. The number of piperidine rings is 4. The van der Waals surface area contributed by atoms with Gasteiger partial charge in [0.05, 0.1) is 52.9 Å². The Bertz CT molecular complexity index is 6200. The minimum atomic E-state index is -0.469. The summed E-state index contributed by atoms with van der Waals surface area (Å²) in [5, 5.41) is 11.8. The molecule has 0 aromatic heterocycles. The standard InChI is InChI=1S/C31H37N3O4.C30H34ClN3O4.C30H35N3O4.C29H33N3O4/c1-21-3-5-24(18-25(21)11-12-33-13-15-38-16-14-33)19-27(35)8-6-23-7-9-28-26(17-23)20-34(31(28)37)29-10-4-22(2)32-30(29)36;1-20-2-9-28(29(36)32-20)34-19-24-16-21(4-7-26(24)30(34)37)3-6-25(35)18-22-5-8-27(31)23(17-22)10-11-33-12-14-38-15-13-33;1-21-5-10-28(29(35)31-21)33-20-25-18-23(7-9-27(25)30(33)36)6-8-26(34)19-24-4-2-3-22(17-24)11-12-32-13-15-37-16-14-32;1-20-2-11-27(28(34)30-20)32-19-24-16-21(8-10-26(24)29(32)35)7-9-25(33)17-22-3-5-23(6-4-22)18-31-12-14-36-15-13-31/h3,5,7,9,17-18,29H,2,4,6,8,10-16,19-20H2,1H3,(H,32,36);4-5,7-8,16-17,28H,1-3,6,9-15,18-19H2,(H,32,36);2-4,7,9,17-18,28H,1,5-6,8,10-16,19-20H2,(H,31,35);3-6,8,10,16,27H,1-2,7,9,11-15,17-19H2,(H,30,34). The number of ether oxygens (including phenoxy) is 4. The minimum absolute atomic E-state index is 0.0981. The van der Waals surface area contributed by atoms with Crippen LogP contribution in [0.1, 0.15) is 213 Å². The zero-order valence-electron chi connectivity index (χ0n) is 85.9. The smallest absolute Gasteiger partial charge is 0.255 e. The molecule has 12 aliphatic rings. The topological polar surface area (TPSA) is 316 Å². The van der Waals surface area contributed by atoms with Crippen molar-refractivity contribution in [1.29, 1.82) is 0 Å². The molecule has 12 heterocycles. The Balaban J connectivity index is 0.000000135. The fourth-order valence-corrected chi connectivity index (χ4v) is 22.1. The van der Waals surface area contributed by atoms with E-state index in [-0.39, 0.29) is 70.4 Å². The van der Waals surface area contributed by atoms with Crippen molar-refractivity contribution >= 4 is 82.0 Å². The van der Waals surface area contributed by atoms with Crippen LogP contribution in [0.3, 0.4) is 0 Å². The quantitative estimate of drug-likeness (QED) is 0.0287. The summed E-state index contributed by atoms with van der Waals surface area (Å²) in [4.78, 5) is 169. The van der Waals surface area contributed by atoms with E-state index in [0.29, 0.717) is 200 Å². The van der Waals surface area contributed by atoms with Gasteiger partial charge >= 0.3 is 0 Å². The van der Waals surface area contributed by atoms with Crippen LogP contribution in [-0.4, -0.2) is 259 Å². The molecule has 149 heavy (non-hydrogen) atoms. The summed E-state index contributed by atoms with van der Waals surface area (Å²) in [7, 11) is 0. The molecule has 12 aliphatic heterocycles. The first-order valence-corrected chi connectivity index (χ1v) is 53.5. The number of rotatable bonds is 35. The lowest BCUT2D eigenvalue weighted by Crippen LogP contribution is -2.49. The van der Waals surface area contributed by atoms with E-state index in [4.69, 9.17) is 30.5 Å². The van der Waals surface area contributed by atoms with Gasteiger partial charge in [0.1, 0.15) is 47.3 Å². The second-order valence-electron chi connectivity index (χ2n) is 41.5. The highest BCUT2D eigenvalue weighted by molar-refractivity contribution is 6.31. The van der Waals surface area contributed by atoms with E-state index in [9.17, 15) is 57.5 Å². The Hall–Kier alpha value is -12.9. The molecule has 4 N–H and O–H groups in total. The fourth-order valence-electron chi connectivity index (χ4n) is 21.9. The molecular weight excluding hydrogens is 1900 g/mol. The SMILES string of the molecule is C=C1CCC(N2Cc3cc(CCC(=O)Cc4ccc(C)c(CCN5CCOCC5)c4)ccc3C2=O)C(=O)N1.C=C1CCC(N2Cc3cc(CCC(=O)Cc4ccc(CN5CCOCC5)cc4)ccc3C2=O)C(=O)N1.C=C1CCC(N2Cc3cc(CCC(=O)Cc4ccc(Cl)c(CCN5CCOCC5)c4)ccc3C2=O)C(=O)N1.C=C1CCC(N2Cc3cc(CCC(=O)Cc4cccc(CCN5CCOCC5)c4)ccc3C2=O)C(=O)N1. The number of fused-ring (bicyclic) bond motifs is 4. The number of morpholine rings is 4. The van der Waals surface area contributed by atoms with Crippen molar-refractivity contribution in [2.75, 3.05) is 125 Å². The minimum Gasteiger partial charge on any atom is -0.379 e. The lowest BCUT2D eigenvalue weighted by atomic mass is 9.97. The maximum atomic E-state index is 13.0. The summed E-state index contributed by atoms with van der Waals surface area (Å²) in [6.45, 7) is 37.1. The first-order chi connectivity index (χ1) is 72.2. The molecule has 0 spiro atoms. The number of carbonyl (C=O) groups excluding carboxylic acids is 12. The number of hydrogen-bond acceptors (Lipinski definition) is 20. The summed E-state index contributed by atoms with van der Waals surface area (Å²) in [5.74, 6) is -0.253. The van der Waals surface area contributed by atoms with Gasteiger partial charge in [0, 0.05) is 206 Å². The van der Waals surface area contributed by atoms with E-state index in [0.717, 1.165) is 228 Å². The molecule has 8 aromatic rings. The first-order valence-electron chi connectivity index (χ1n) is 53.1. The van der Waals surface area contributed by atoms with Crippen LogP contribution >= 0.6 is 11.6 Å². The molecule has 8 saturated heterocycles. The number of hydrogen-bond donors (Lipinski definition) is 4. The number of Topliss-reactive ketones (excluding diaryl/α,β-unsaturated/α-hetero) is 4. The number of allylic oxidation sites excluding steroid dienone is 4. The molecule has 20 rings (SSSR count). The van der Waals surface area contributed by atoms with Gasteiger partial charge in [-0.15, -0.1) is 0 Å². The second kappa shape index (κ2) is 51.1. The number of nitrogens with zero attached hydrogens (tertiary/aromatic N) is 8. The van der Waals surface area contributed by atoms with Crippen LogP contribution in [0.2, 0.25) is 5.02 Å². The Kier molecular flexibility index (Phi) is 36.8. The first kappa shape index (κ1) is 107. The van der Waals surface area contributed by atoms with E-state index >= 15 is 0 Å². The zero-order valence-corrected chi connectivity index (χ0v) is 86.6.